The maximum absolute atomic E-state index is 13.0. The van der Waals surface area contributed by atoms with Crippen LogP contribution >= 0.6 is 0 Å². The number of piperidine rings is 1. The molecule has 1 fully saturated rings. The van der Waals surface area contributed by atoms with Gasteiger partial charge in [0.25, 0.3) is 5.91 Å². The lowest BCUT2D eigenvalue weighted by atomic mass is 9.95. The van der Waals surface area contributed by atoms with E-state index in [9.17, 15) is 4.79 Å². The quantitative estimate of drug-likeness (QED) is 0.789. The smallest absolute Gasteiger partial charge is 0.258 e. The first kappa shape index (κ1) is 20.2. The number of ether oxygens (including phenoxy) is 2. The lowest BCUT2D eigenvalue weighted by Gasteiger charge is -2.37. The van der Waals surface area contributed by atoms with Crippen LogP contribution < -0.4 is 14.8 Å². The van der Waals surface area contributed by atoms with Gasteiger partial charge in [0.1, 0.15) is 17.1 Å². The third-order valence-corrected chi connectivity index (χ3v) is 5.55. The van der Waals surface area contributed by atoms with E-state index in [2.05, 4.69) is 41.4 Å². The minimum atomic E-state index is -0.180. The largest absolute Gasteiger partial charge is 0.496 e. The molecular weight excluding hydrogens is 352 g/mol. The first-order chi connectivity index (χ1) is 13.6. The predicted octanol–water partition coefficient (Wildman–Crippen LogP) is 3.91. The molecule has 150 valence electrons. The molecule has 1 aliphatic heterocycles. The van der Waals surface area contributed by atoms with Crippen LogP contribution in [0.3, 0.4) is 0 Å². The fraction of sp³-hybridized carbons (Fsp3) is 0.435. The SMILES string of the molecule is COc1cccc(OC)c1C(=O)NCC(c1ccccc1)N1CCC(C)CC1. The molecule has 28 heavy (non-hydrogen) atoms. The van der Waals surface area contributed by atoms with E-state index < -0.39 is 0 Å². The number of nitrogens with one attached hydrogen (secondary N) is 1. The van der Waals surface area contributed by atoms with E-state index in [0.29, 0.717) is 23.6 Å². The average molecular weight is 383 g/mol. The molecule has 1 atom stereocenters. The molecular formula is C23H30N2O3. The third kappa shape index (κ3) is 4.65. The van der Waals surface area contributed by atoms with E-state index in [1.807, 2.05) is 12.1 Å². The first-order valence-electron chi connectivity index (χ1n) is 9.92. The van der Waals surface area contributed by atoms with E-state index >= 15 is 0 Å². The van der Waals surface area contributed by atoms with Gasteiger partial charge in [-0.1, -0.05) is 43.3 Å². The lowest BCUT2D eigenvalue weighted by Crippen LogP contribution is -2.42. The lowest BCUT2D eigenvalue weighted by molar-refractivity contribution is 0.0907. The molecule has 5 nitrogen and oxygen atoms in total. The van der Waals surface area contributed by atoms with Crippen molar-refractivity contribution in [2.45, 2.75) is 25.8 Å². The normalized spacial score (nSPS) is 16.4. The molecule has 1 heterocycles. The number of hydrogen-bond donors (Lipinski definition) is 1. The van der Waals surface area contributed by atoms with Crippen LogP contribution in [0.4, 0.5) is 0 Å². The molecule has 0 aliphatic carbocycles. The van der Waals surface area contributed by atoms with Gasteiger partial charge >= 0.3 is 0 Å². The van der Waals surface area contributed by atoms with E-state index in [0.717, 1.165) is 19.0 Å². The molecule has 1 amide bonds. The van der Waals surface area contributed by atoms with Gasteiger partial charge in [0.2, 0.25) is 0 Å². The van der Waals surface area contributed by atoms with Crippen molar-refractivity contribution in [3.8, 4) is 11.5 Å². The van der Waals surface area contributed by atoms with Crippen LogP contribution in [-0.2, 0) is 0 Å². The molecule has 0 saturated carbocycles. The number of likely N-dealkylation sites (tertiary alicyclic amines) is 1. The number of amides is 1. The summed E-state index contributed by atoms with van der Waals surface area (Å²) in [5.74, 6) is 1.61. The molecule has 0 bridgehead atoms. The van der Waals surface area contributed by atoms with Crippen LogP contribution in [0.1, 0.15) is 41.7 Å². The van der Waals surface area contributed by atoms with Crippen molar-refractivity contribution in [1.29, 1.82) is 0 Å². The third-order valence-electron chi connectivity index (χ3n) is 5.55. The zero-order chi connectivity index (χ0) is 19.9. The zero-order valence-corrected chi connectivity index (χ0v) is 17.0. The van der Waals surface area contributed by atoms with Gasteiger partial charge < -0.3 is 14.8 Å². The number of hydrogen-bond acceptors (Lipinski definition) is 4. The number of nitrogens with zero attached hydrogens (tertiary/aromatic N) is 1. The second-order valence-corrected chi connectivity index (χ2v) is 7.39. The zero-order valence-electron chi connectivity index (χ0n) is 17.0. The molecule has 2 aromatic rings. The fourth-order valence-corrected chi connectivity index (χ4v) is 3.83. The van der Waals surface area contributed by atoms with Crippen LogP contribution in [-0.4, -0.2) is 44.7 Å². The number of carbonyl (C=O) groups is 1. The summed E-state index contributed by atoms with van der Waals surface area (Å²) in [4.78, 5) is 15.5. The maximum atomic E-state index is 13.0. The summed E-state index contributed by atoms with van der Waals surface area (Å²) in [6.07, 6.45) is 2.38. The first-order valence-corrected chi connectivity index (χ1v) is 9.92. The van der Waals surface area contributed by atoms with Crippen molar-refractivity contribution in [1.82, 2.24) is 10.2 Å². The van der Waals surface area contributed by atoms with Gasteiger partial charge in [0, 0.05) is 6.54 Å². The molecule has 3 rings (SSSR count). The summed E-state index contributed by atoms with van der Waals surface area (Å²) in [6.45, 7) is 4.95. The van der Waals surface area contributed by atoms with Gasteiger partial charge in [-0.15, -0.1) is 0 Å². The molecule has 2 aromatic carbocycles. The molecule has 1 unspecified atom stereocenters. The summed E-state index contributed by atoms with van der Waals surface area (Å²) in [5.41, 5.74) is 1.66. The minimum Gasteiger partial charge on any atom is -0.496 e. The van der Waals surface area contributed by atoms with Crippen LogP contribution in [0.25, 0.3) is 0 Å². The molecule has 0 radical (unpaired) electrons. The number of methoxy groups -OCH3 is 2. The highest BCUT2D eigenvalue weighted by atomic mass is 16.5. The van der Waals surface area contributed by atoms with Crippen LogP contribution in [0.5, 0.6) is 11.5 Å². The Morgan fingerprint density at radius 2 is 1.64 bits per heavy atom. The maximum Gasteiger partial charge on any atom is 0.258 e. The summed E-state index contributed by atoms with van der Waals surface area (Å²) in [6, 6.07) is 15.9. The minimum absolute atomic E-state index is 0.151. The molecule has 1 aliphatic rings. The molecule has 0 spiro atoms. The molecule has 1 N–H and O–H groups in total. The van der Waals surface area contributed by atoms with E-state index in [1.54, 1.807) is 26.4 Å². The van der Waals surface area contributed by atoms with Crippen molar-refractivity contribution in [3.05, 3.63) is 59.7 Å². The second kappa shape index (κ2) is 9.60. The van der Waals surface area contributed by atoms with E-state index in [-0.39, 0.29) is 11.9 Å². The van der Waals surface area contributed by atoms with Gasteiger partial charge in [0.15, 0.2) is 0 Å². The van der Waals surface area contributed by atoms with Gasteiger partial charge in [0.05, 0.1) is 20.3 Å². The van der Waals surface area contributed by atoms with Crippen molar-refractivity contribution in [2.24, 2.45) is 5.92 Å². The van der Waals surface area contributed by atoms with Crippen molar-refractivity contribution in [2.75, 3.05) is 33.9 Å². The van der Waals surface area contributed by atoms with E-state index in [4.69, 9.17) is 9.47 Å². The highest BCUT2D eigenvalue weighted by Crippen LogP contribution is 2.29. The fourth-order valence-electron chi connectivity index (χ4n) is 3.83. The van der Waals surface area contributed by atoms with Gasteiger partial charge in [-0.05, 0) is 49.5 Å². The number of carbonyl (C=O) groups excluding carboxylic acids is 1. The Kier molecular flexibility index (Phi) is 6.93. The predicted molar refractivity (Wildman–Crippen MR) is 111 cm³/mol. The van der Waals surface area contributed by atoms with Crippen molar-refractivity contribution in [3.63, 3.8) is 0 Å². The highest BCUT2D eigenvalue weighted by molar-refractivity contribution is 5.99. The van der Waals surface area contributed by atoms with Crippen molar-refractivity contribution >= 4 is 5.91 Å². The standard InChI is InChI=1S/C23H30N2O3/c1-17-12-14-25(15-13-17)19(18-8-5-4-6-9-18)16-24-23(26)22-20(27-2)10-7-11-21(22)28-3/h4-11,17,19H,12-16H2,1-3H3,(H,24,26). The summed E-state index contributed by atoms with van der Waals surface area (Å²) >= 11 is 0. The van der Waals surface area contributed by atoms with Crippen LogP contribution in [0, 0.1) is 5.92 Å². The molecule has 5 heteroatoms. The number of benzene rings is 2. The van der Waals surface area contributed by atoms with Crippen LogP contribution in [0.2, 0.25) is 0 Å². The Morgan fingerprint density at radius 3 is 2.21 bits per heavy atom. The number of rotatable bonds is 7. The summed E-state index contributed by atoms with van der Waals surface area (Å²) in [7, 11) is 3.13. The molecule has 1 saturated heterocycles. The second-order valence-electron chi connectivity index (χ2n) is 7.39. The van der Waals surface area contributed by atoms with E-state index in [1.165, 1.54) is 18.4 Å². The Bertz CT molecular complexity index is 748. The van der Waals surface area contributed by atoms with Crippen LogP contribution in [0.15, 0.2) is 48.5 Å². The Balaban J connectivity index is 1.78. The van der Waals surface area contributed by atoms with Gasteiger partial charge in [-0.2, -0.15) is 0 Å². The monoisotopic (exact) mass is 382 g/mol. The Hall–Kier alpha value is -2.53. The Labute approximate surface area is 167 Å². The summed E-state index contributed by atoms with van der Waals surface area (Å²) in [5, 5.41) is 3.11. The average Bonchev–Trinajstić information content (AvgIpc) is 2.75. The Morgan fingerprint density at radius 1 is 1.04 bits per heavy atom. The summed E-state index contributed by atoms with van der Waals surface area (Å²) < 4.78 is 10.8. The van der Waals surface area contributed by atoms with Gasteiger partial charge in [-0.3, -0.25) is 9.69 Å². The van der Waals surface area contributed by atoms with Crippen molar-refractivity contribution < 1.29 is 14.3 Å². The molecule has 0 aromatic heterocycles. The topological polar surface area (TPSA) is 50.8 Å². The van der Waals surface area contributed by atoms with Gasteiger partial charge in [-0.25, -0.2) is 0 Å². The highest BCUT2D eigenvalue weighted by Gasteiger charge is 2.26.